The Balaban J connectivity index is 1.48. The summed E-state index contributed by atoms with van der Waals surface area (Å²) in [6.07, 6.45) is 11.3. The lowest BCUT2D eigenvalue weighted by molar-refractivity contribution is -0.146. The normalized spacial score (nSPS) is 31.6. The number of methoxy groups -OCH3 is 1. The van der Waals surface area contributed by atoms with Crippen molar-refractivity contribution < 1.29 is 14.3 Å². The molecule has 2 saturated carbocycles. The minimum atomic E-state index is -0.0777. The van der Waals surface area contributed by atoms with Gasteiger partial charge in [-0.05, 0) is 82.7 Å². The average Bonchev–Trinajstić information content (AvgIpc) is 2.74. The maximum atomic E-state index is 11.8. The molecule has 0 aromatic heterocycles. The van der Waals surface area contributed by atoms with Crippen LogP contribution in [0.15, 0.2) is 9.98 Å². The van der Waals surface area contributed by atoms with E-state index in [1.165, 1.54) is 32.8 Å². The zero-order chi connectivity index (χ0) is 22.4. The van der Waals surface area contributed by atoms with E-state index in [1.807, 2.05) is 13.1 Å². The number of carbonyl (C=O) groups excluding carboxylic acids is 1. The summed E-state index contributed by atoms with van der Waals surface area (Å²) in [4.78, 5) is 23.7. The molecule has 0 bridgehead atoms. The number of rotatable bonds is 6. The molecule has 0 N–H and O–H groups in total. The fourth-order valence-corrected chi connectivity index (χ4v) is 5.22. The van der Waals surface area contributed by atoms with Crippen molar-refractivity contribution >= 4 is 18.0 Å². The highest BCUT2D eigenvalue weighted by atomic mass is 16.5. The Labute approximate surface area is 188 Å². The van der Waals surface area contributed by atoms with E-state index in [4.69, 9.17) is 14.5 Å². The predicted molar refractivity (Wildman–Crippen MR) is 126 cm³/mol. The van der Waals surface area contributed by atoms with Gasteiger partial charge in [0.05, 0.1) is 37.8 Å². The minimum Gasteiger partial charge on any atom is -0.469 e. The van der Waals surface area contributed by atoms with Crippen LogP contribution in [-0.4, -0.2) is 67.9 Å². The molecule has 0 aromatic rings. The second-order valence-corrected chi connectivity index (χ2v) is 10.7. The van der Waals surface area contributed by atoms with E-state index in [2.05, 4.69) is 30.7 Å². The van der Waals surface area contributed by atoms with Crippen LogP contribution in [0.1, 0.15) is 79.1 Å². The molecule has 2 atom stereocenters. The number of hydrogen-bond donors (Lipinski definition) is 0. The van der Waals surface area contributed by atoms with Crippen molar-refractivity contribution in [3.63, 3.8) is 0 Å². The fraction of sp³-hybridized carbons (Fsp3) is 0.880. The molecule has 0 aromatic carbocycles. The SMILES string of the molecule is CC=NC(CN1CCC(C(=O)OC)CC1)=N[C@H]1CCC1OC1CCC(C(C)(C)C)CC1. The maximum absolute atomic E-state index is 11.8. The van der Waals surface area contributed by atoms with Gasteiger partial charge in [-0.25, -0.2) is 4.99 Å². The van der Waals surface area contributed by atoms with Gasteiger partial charge in [-0.15, -0.1) is 0 Å². The highest BCUT2D eigenvalue weighted by molar-refractivity contribution is 5.90. The number of likely N-dealkylation sites (tertiary alicyclic amines) is 1. The van der Waals surface area contributed by atoms with E-state index < -0.39 is 0 Å². The summed E-state index contributed by atoms with van der Waals surface area (Å²) in [5.74, 6) is 1.67. The summed E-state index contributed by atoms with van der Waals surface area (Å²) in [6, 6.07) is 0.242. The first kappa shape index (κ1) is 24.4. The molecule has 6 heteroatoms. The van der Waals surface area contributed by atoms with Gasteiger partial charge in [0.15, 0.2) is 0 Å². The van der Waals surface area contributed by atoms with Crippen LogP contribution < -0.4 is 0 Å². The Morgan fingerprint density at radius 2 is 1.71 bits per heavy atom. The van der Waals surface area contributed by atoms with E-state index in [0.29, 0.717) is 11.5 Å². The zero-order valence-corrected chi connectivity index (χ0v) is 20.3. The van der Waals surface area contributed by atoms with Gasteiger partial charge >= 0.3 is 5.97 Å². The number of amidine groups is 1. The number of piperidine rings is 1. The summed E-state index contributed by atoms with van der Waals surface area (Å²) >= 11 is 0. The van der Waals surface area contributed by atoms with E-state index >= 15 is 0 Å². The lowest BCUT2D eigenvalue weighted by Gasteiger charge is -2.41. The third kappa shape index (κ3) is 6.85. The van der Waals surface area contributed by atoms with Gasteiger partial charge in [-0.3, -0.25) is 14.7 Å². The summed E-state index contributed by atoms with van der Waals surface area (Å²) in [6.45, 7) is 11.6. The second-order valence-electron chi connectivity index (χ2n) is 10.7. The molecular formula is C25H43N3O3. The van der Waals surface area contributed by atoms with Gasteiger partial charge < -0.3 is 9.47 Å². The van der Waals surface area contributed by atoms with Crippen LogP contribution in [-0.2, 0) is 14.3 Å². The Bertz CT molecular complexity index is 639. The number of aliphatic imine (C=N–C) groups is 2. The molecule has 0 spiro atoms. The number of esters is 1. The molecule has 31 heavy (non-hydrogen) atoms. The largest absolute Gasteiger partial charge is 0.469 e. The maximum Gasteiger partial charge on any atom is 0.308 e. The highest BCUT2D eigenvalue weighted by Gasteiger charge is 2.37. The van der Waals surface area contributed by atoms with Gasteiger partial charge in [0, 0.05) is 6.21 Å². The first-order valence-corrected chi connectivity index (χ1v) is 12.3. The van der Waals surface area contributed by atoms with Crippen LogP contribution in [0, 0.1) is 17.3 Å². The van der Waals surface area contributed by atoms with Crippen molar-refractivity contribution in [2.45, 2.75) is 97.3 Å². The number of hydrogen-bond acceptors (Lipinski definition) is 5. The van der Waals surface area contributed by atoms with Gasteiger partial charge in [0.1, 0.15) is 5.84 Å². The van der Waals surface area contributed by atoms with Crippen LogP contribution >= 0.6 is 0 Å². The van der Waals surface area contributed by atoms with Gasteiger partial charge in [-0.1, -0.05) is 20.8 Å². The Morgan fingerprint density at radius 1 is 1.03 bits per heavy atom. The van der Waals surface area contributed by atoms with Gasteiger partial charge in [0.25, 0.3) is 0 Å². The summed E-state index contributed by atoms with van der Waals surface area (Å²) in [5.41, 5.74) is 0.409. The summed E-state index contributed by atoms with van der Waals surface area (Å²) < 4.78 is 11.4. The topological polar surface area (TPSA) is 63.5 Å². The Morgan fingerprint density at radius 3 is 2.23 bits per heavy atom. The molecule has 1 aliphatic heterocycles. The van der Waals surface area contributed by atoms with Gasteiger partial charge in [0.2, 0.25) is 0 Å². The van der Waals surface area contributed by atoms with Crippen molar-refractivity contribution in [2.24, 2.45) is 27.2 Å². The number of nitrogens with zero attached hydrogens (tertiary/aromatic N) is 3. The van der Waals surface area contributed by atoms with Crippen LogP contribution in [0.5, 0.6) is 0 Å². The predicted octanol–water partition coefficient (Wildman–Crippen LogP) is 4.51. The average molecular weight is 434 g/mol. The van der Waals surface area contributed by atoms with Crippen molar-refractivity contribution in [2.75, 3.05) is 26.7 Å². The molecule has 2 aliphatic carbocycles. The molecule has 1 heterocycles. The van der Waals surface area contributed by atoms with E-state index in [9.17, 15) is 4.79 Å². The molecule has 0 amide bonds. The molecule has 3 fully saturated rings. The molecule has 1 saturated heterocycles. The molecule has 176 valence electrons. The second kappa shape index (κ2) is 11.0. The van der Waals surface area contributed by atoms with Crippen molar-refractivity contribution in [3.8, 4) is 0 Å². The fourth-order valence-electron chi connectivity index (χ4n) is 5.22. The standard InChI is InChI=1S/C25H43N3O3/c1-6-26-23(17-28-15-13-18(14-16-28)24(29)30-5)27-21-11-12-22(21)31-20-9-7-19(8-10-20)25(2,3)4/h6,18-22H,7-17H2,1-5H3/t19?,20?,21-,22?/m0/s1. The van der Waals surface area contributed by atoms with Crippen LogP contribution in [0.2, 0.25) is 0 Å². The van der Waals surface area contributed by atoms with E-state index in [1.54, 1.807) is 0 Å². The minimum absolute atomic E-state index is 0.0362. The van der Waals surface area contributed by atoms with Crippen molar-refractivity contribution in [3.05, 3.63) is 0 Å². The van der Waals surface area contributed by atoms with Crippen LogP contribution in [0.3, 0.4) is 0 Å². The third-order valence-electron chi connectivity index (χ3n) is 7.52. The Kier molecular flexibility index (Phi) is 8.68. The zero-order valence-electron chi connectivity index (χ0n) is 20.3. The molecular weight excluding hydrogens is 390 g/mol. The van der Waals surface area contributed by atoms with Crippen molar-refractivity contribution in [1.29, 1.82) is 0 Å². The van der Waals surface area contributed by atoms with Crippen molar-refractivity contribution in [1.82, 2.24) is 4.90 Å². The molecule has 1 unspecified atom stereocenters. The molecule has 3 rings (SSSR count). The lowest BCUT2D eigenvalue weighted by Crippen LogP contribution is -2.43. The smallest absolute Gasteiger partial charge is 0.308 e. The third-order valence-corrected chi connectivity index (χ3v) is 7.52. The molecule has 6 nitrogen and oxygen atoms in total. The van der Waals surface area contributed by atoms with Crippen LogP contribution in [0.25, 0.3) is 0 Å². The summed E-state index contributed by atoms with van der Waals surface area (Å²) in [7, 11) is 1.47. The van der Waals surface area contributed by atoms with Crippen LogP contribution in [0.4, 0.5) is 0 Å². The number of ether oxygens (including phenoxy) is 2. The first-order chi connectivity index (χ1) is 14.8. The van der Waals surface area contributed by atoms with Gasteiger partial charge in [-0.2, -0.15) is 0 Å². The quantitative estimate of drug-likeness (QED) is 0.351. The lowest BCUT2D eigenvalue weighted by atomic mass is 9.72. The molecule has 0 radical (unpaired) electrons. The van der Waals surface area contributed by atoms with E-state index in [0.717, 1.165) is 57.1 Å². The molecule has 3 aliphatic rings. The Hall–Kier alpha value is -1.27. The highest BCUT2D eigenvalue weighted by Crippen LogP contribution is 2.40. The van der Waals surface area contributed by atoms with E-state index in [-0.39, 0.29) is 24.0 Å². The number of carbonyl (C=O) groups is 1. The summed E-state index contributed by atoms with van der Waals surface area (Å²) in [5, 5.41) is 0. The monoisotopic (exact) mass is 433 g/mol. The first-order valence-electron chi connectivity index (χ1n) is 12.3.